The van der Waals surface area contributed by atoms with E-state index in [-0.39, 0.29) is 5.78 Å². The van der Waals surface area contributed by atoms with Gasteiger partial charge >= 0.3 is 0 Å². The Morgan fingerprint density at radius 2 is 1.93 bits per heavy atom. The maximum absolute atomic E-state index is 10.9. The van der Waals surface area contributed by atoms with Crippen molar-refractivity contribution in [2.45, 2.75) is 13.8 Å². The number of rotatable bonds is 2. The lowest BCUT2D eigenvalue weighted by Crippen LogP contribution is -1.87. The van der Waals surface area contributed by atoms with Gasteiger partial charge in [-0.05, 0) is 43.2 Å². The third-order valence-electron chi connectivity index (χ3n) is 1.78. The number of benzene rings is 1. The fraction of sp³-hybridized carbons (Fsp3) is 0.182. The molecule has 14 heavy (non-hydrogen) atoms. The van der Waals surface area contributed by atoms with Crippen LogP contribution in [-0.4, -0.2) is 5.78 Å². The molecule has 0 N–H and O–H groups in total. The fourth-order valence-corrected chi connectivity index (χ4v) is 1.75. The van der Waals surface area contributed by atoms with E-state index in [1.807, 2.05) is 6.92 Å². The van der Waals surface area contributed by atoms with Gasteiger partial charge in [0.2, 0.25) is 0 Å². The van der Waals surface area contributed by atoms with Crippen molar-refractivity contribution in [1.29, 1.82) is 0 Å². The van der Waals surface area contributed by atoms with Crippen LogP contribution in [0, 0.1) is 0 Å². The van der Waals surface area contributed by atoms with Crippen LogP contribution in [0.25, 0.3) is 5.57 Å². The molecule has 3 heteroatoms. The Labute approximate surface area is 93.3 Å². The third-order valence-corrected chi connectivity index (χ3v) is 2.32. The zero-order chi connectivity index (χ0) is 10.7. The van der Waals surface area contributed by atoms with Crippen molar-refractivity contribution < 1.29 is 4.79 Å². The molecule has 0 amide bonds. The highest BCUT2D eigenvalue weighted by atomic mass is 35.5. The molecule has 0 bridgehead atoms. The Morgan fingerprint density at radius 1 is 1.29 bits per heavy atom. The van der Waals surface area contributed by atoms with Crippen LogP contribution < -0.4 is 0 Å². The molecular formula is C11H10Cl2O. The molecule has 0 saturated carbocycles. The number of hydrogen-bond donors (Lipinski definition) is 0. The predicted molar refractivity (Wildman–Crippen MR) is 60.8 cm³/mol. The van der Waals surface area contributed by atoms with Crippen molar-refractivity contribution >= 4 is 34.6 Å². The first-order valence-corrected chi connectivity index (χ1v) is 4.90. The van der Waals surface area contributed by atoms with Crippen LogP contribution >= 0.6 is 23.2 Å². The normalized spacial score (nSPS) is 11.6. The van der Waals surface area contributed by atoms with Gasteiger partial charge in [0.15, 0.2) is 5.78 Å². The summed E-state index contributed by atoms with van der Waals surface area (Å²) < 4.78 is 0. The van der Waals surface area contributed by atoms with Crippen molar-refractivity contribution in [3.63, 3.8) is 0 Å². The van der Waals surface area contributed by atoms with Gasteiger partial charge in [-0.1, -0.05) is 29.3 Å². The average molecular weight is 229 g/mol. The second-order valence-corrected chi connectivity index (χ2v) is 3.91. The molecule has 1 rings (SSSR count). The van der Waals surface area contributed by atoms with Gasteiger partial charge in [-0.2, -0.15) is 0 Å². The van der Waals surface area contributed by atoms with Crippen LogP contribution in [0.3, 0.4) is 0 Å². The summed E-state index contributed by atoms with van der Waals surface area (Å²) in [6.07, 6.45) is 1.55. The van der Waals surface area contributed by atoms with Gasteiger partial charge in [0, 0.05) is 10.0 Å². The number of carbonyl (C=O) groups is 1. The van der Waals surface area contributed by atoms with E-state index < -0.39 is 0 Å². The summed E-state index contributed by atoms with van der Waals surface area (Å²) in [5.74, 6) is 0.00789. The van der Waals surface area contributed by atoms with E-state index in [4.69, 9.17) is 23.2 Å². The van der Waals surface area contributed by atoms with Gasteiger partial charge in [0.05, 0.1) is 0 Å². The minimum Gasteiger partial charge on any atom is -0.295 e. The minimum atomic E-state index is 0.00789. The summed E-state index contributed by atoms with van der Waals surface area (Å²) in [6, 6.07) is 5.22. The molecule has 0 aliphatic rings. The Bertz CT molecular complexity index is 394. The number of halogens is 2. The molecule has 74 valence electrons. The summed E-state index contributed by atoms with van der Waals surface area (Å²) >= 11 is 11.7. The summed E-state index contributed by atoms with van der Waals surface area (Å²) in [7, 11) is 0. The van der Waals surface area contributed by atoms with Gasteiger partial charge in [0.25, 0.3) is 0 Å². The monoisotopic (exact) mass is 228 g/mol. The van der Waals surface area contributed by atoms with E-state index in [0.717, 1.165) is 11.1 Å². The summed E-state index contributed by atoms with van der Waals surface area (Å²) in [6.45, 7) is 3.35. The number of ketones is 1. The van der Waals surface area contributed by atoms with E-state index in [9.17, 15) is 4.79 Å². The highest BCUT2D eigenvalue weighted by Crippen LogP contribution is 2.26. The number of allylic oxidation sites excluding steroid dienone is 2. The molecule has 0 aliphatic carbocycles. The number of carbonyl (C=O) groups excluding carboxylic acids is 1. The largest absolute Gasteiger partial charge is 0.295 e. The van der Waals surface area contributed by atoms with E-state index >= 15 is 0 Å². The fourth-order valence-electron chi connectivity index (χ4n) is 1.19. The molecule has 0 saturated heterocycles. The van der Waals surface area contributed by atoms with Gasteiger partial charge in [-0.15, -0.1) is 0 Å². The molecule has 0 spiro atoms. The lowest BCUT2D eigenvalue weighted by Gasteiger charge is -2.04. The Hall–Kier alpha value is -0.790. The molecule has 0 atom stereocenters. The van der Waals surface area contributed by atoms with Crippen molar-refractivity contribution in [2.24, 2.45) is 0 Å². The Kier molecular flexibility index (Phi) is 3.73. The molecule has 1 aromatic rings. The second-order valence-electron chi connectivity index (χ2n) is 3.06. The van der Waals surface area contributed by atoms with Crippen LogP contribution in [-0.2, 0) is 4.79 Å². The van der Waals surface area contributed by atoms with Gasteiger partial charge in [-0.25, -0.2) is 0 Å². The summed E-state index contributed by atoms with van der Waals surface area (Å²) in [5, 5.41) is 1.15. The maximum Gasteiger partial charge on any atom is 0.152 e. The van der Waals surface area contributed by atoms with Crippen LogP contribution in [0.4, 0.5) is 0 Å². The second kappa shape index (κ2) is 4.63. The molecule has 0 fully saturated rings. The first-order chi connectivity index (χ1) is 6.50. The molecule has 1 nitrogen and oxygen atoms in total. The zero-order valence-electron chi connectivity index (χ0n) is 7.97. The predicted octanol–water partition coefficient (Wildman–Crippen LogP) is 3.99. The van der Waals surface area contributed by atoms with Crippen molar-refractivity contribution in [1.82, 2.24) is 0 Å². The number of hydrogen-bond acceptors (Lipinski definition) is 1. The standard InChI is InChI=1S/C11H10Cl2O/c1-7(5-8(2)14)10-4-3-9(12)6-11(10)13/h3-6H,1-2H3/b7-5+. The zero-order valence-corrected chi connectivity index (χ0v) is 9.49. The topological polar surface area (TPSA) is 17.1 Å². The van der Waals surface area contributed by atoms with E-state index in [0.29, 0.717) is 10.0 Å². The van der Waals surface area contributed by atoms with Crippen LogP contribution in [0.1, 0.15) is 19.4 Å². The van der Waals surface area contributed by atoms with E-state index in [1.165, 1.54) is 6.92 Å². The first kappa shape index (κ1) is 11.3. The van der Waals surface area contributed by atoms with Crippen LogP contribution in [0.5, 0.6) is 0 Å². The molecular weight excluding hydrogens is 219 g/mol. The summed E-state index contributed by atoms with van der Waals surface area (Å²) in [5.41, 5.74) is 1.69. The lowest BCUT2D eigenvalue weighted by atomic mass is 10.1. The maximum atomic E-state index is 10.9. The first-order valence-electron chi connectivity index (χ1n) is 4.15. The van der Waals surface area contributed by atoms with Gasteiger partial charge in [-0.3, -0.25) is 4.79 Å². The van der Waals surface area contributed by atoms with Gasteiger partial charge in [0.1, 0.15) is 0 Å². The SMILES string of the molecule is CC(=O)/C=C(\C)c1ccc(Cl)cc1Cl. The highest BCUT2D eigenvalue weighted by molar-refractivity contribution is 6.35. The molecule has 0 radical (unpaired) electrons. The molecule has 0 unspecified atom stereocenters. The average Bonchev–Trinajstić information content (AvgIpc) is 2.01. The van der Waals surface area contributed by atoms with Crippen molar-refractivity contribution in [2.75, 3.05) is 0 Å². The lowest BCUT2D eigenvalue weighted by molar-refractivity contribution is -0.112. The van der Waals surface area contributed by atoms with E-state index in [1.54, 1.807) is 24.3 Å². The highest BCUT2D eigenvalue weighted by Gasteiger charge is 2.03. The summed E-state index contributed by atoms with van der Waals surface area (Å²) in [4.78, 5) is 10.9. The Morgan fingerprint density at radius 3 is 2.43 bits per heavy atom. The minimum absolute atomic E-state index is 0.00789. The molecule has 0 aromatic heterocycles. The molecule has 0 aliphatic heterocycles. The molecule has 1 aromatic carbocycles. The van der Waals surface area contributed by atoms with Crippen molar-refractivity contribution in [3.8, 4) is 0 Å². The van der Waals surface area contributed by atoms with Crippen LogP contribution in [0.2, 0.25) is 10.0 Å². The van der Waals surface area contributed by atoms with E-state index in [2.05, 4.69) is 0 Å². The van der Waals surface area contributed by atoms with Crippen molar-refractivity contribution in [3.05, 3.63) is 39.9 Å². The molecule has 0 heterocycles. The van der Waals surface area contributed by atoms with Gasteiger partial charge < -0.3 is 0 Å². The Balaban J connectivity index is 3.14. The van der Waals surface area contributed by atoms with Crippen LogP contribution in [0.15, 0.2) is 24.3 Å². The third kappa shape index (κ3) is 2.86. The quantitative estimate of drug-likeness (QED) is 0.701. The smallest absolute Gasteiger partial charge is 0.152 e.